The van der Waals surface area contributed by atoms with Crippen LogP contribution in [-0.4, -0.2) is 38.9 Å². The summed E-state index contributed by atoms with van der Waals surface area (Å²) in [4.78, 5) is 31.6. The number of anilines is 2. The van der Waals surface area contributed by atoms with E-state index < -0.39 is 9.85 Å². The number of aryl methyl sites for hydroxylation is 1. The second-order valence-corrected chi connectivity index (χ2v) is 6.34. The van der Waals surface area contributed by atoms with Crippen LogP contribution in [0.15, 0.2) is 30.6 Å². The number of hydrogen-bond donors (Lipinski definition) is 1. The van der Waals surface area contributed by atoms with Gasteiger partial charge in [-0.1, -0.05) is 6.92 Å². The lowest BCUT2D eigenvalue weighted by atomic mass is 10.0. The summed E-state index contributed by atoms with van der Waals surface area (Å²) in [5.74, 6) is 0.890. The highest BCUT2D eigenvalue weighted by molar-refractivity contribution is 5.65. The minimum Gasteiger partial charge on any atom is -0.377 e. The van der Waals surface area contributed by atoms with Crippen molar-refractivity contribution in [2.45, 2.75) is 32.2 Å². The van der Waals surface area contributed by atoms with Gasteiger partial charge in [0.15, 0.2) is 0 Å². The minimum atomic E-state index is -0.637. The monoisotopic (exact) mass is 372 g/mol. The van der Waals surface area contributed by atoms with Crippen molar-refractivity contribution in [3.63, 3.8) is 0 Å². The van der Waals surface area contributed by atoms with E-state index in [1.165, 1.54) is 12.1 Å². The van der Waals surface area contributed by atoms with Crippen LogP contribution in [-0.2, 0) is 6.42 Å². The molecule has 0 amide bonds. The SMILES string of the molecule is CCc1cc(N2CCC(Nc3ccc([N+](=O)[O-])cc3[N+](=O)[O-])CC2)ncn1. The van der Waals surface area contributed by atoms with Gasteiger partial charge >= 0.3 is 0 Å². The first-order chi connectivity index (χ1) is 13.0. The quantitative estimate of drug-likeness (QED) is 0.605. The third-order valence-electron chi connectivity index (χ3n) is 4.64. The Morgan fingerprint density at radius 3 is 2.52 bits per heavy atom. The summed E-state index contributed by atoms with van der Waals surface area (Å²) < 4.78 is 0. The van der Waals surface area contributed by atoms with Crippen molar-refractivity contribution in [1.29, 1.82) is 0 Å². The number of piperidine rings is 1. The Hall–Kier alpha value is -3.30. The predicted molar refractivity (Wildman–Crippen MR) is 100 cm³/mol. The maximum Gasteiger partial charge on any atom is 0.299 e. The predicted octanol–water partition coefficient (Wildman–Crippen LogP) is 2.94. The molecule has 10 nitrogen and oxygen atoms in total. The fraction of sp³-hybridized carbons (Fsp3) is 0.412. The number of rotatable bonds is 6. The lowest BCUT2D eigenvalue weighted by Gasteiger charge is -2.33. The number of benzene rings is 1. The van der Waals surface area contributed by atoms with E-state index in [0.717, 1.165) is 49.9 Å². The maximum absolute atomic E-state index is 11.3. The van der Waals surface area contributed by atoms with E-state index >= 15 is 0 Å². The number of nitro benzene ring substituents is 2. The van der Waals surface area contributed by atoms with Crippen LogP contribution in [0.4, 0.5) is 22.9 Å². The Morgan fingerprint density at radius 2 is 1.89 bits per heavy atom. The normalized spacial score (nSPS) is 14.8. The van der Waals surface area contributed by atoms with Gasteiger partial charge in [-0.15, -0.1) is 0 Å². The molecule has 2 aromatic rings. The van der Waals surface area contributed by atoms with E-state index in [1.54, 1.807) is 6.33 Å². The number of hydrogen-bond acceptors (Lipinski definition) is 8. The number of nitro groups is 2. The molecule has 1 aliphatic heterocycles. The summed E-state index contributed by atoms with van der Waals surface area (Å²) in [7, 11) is 0. The molecule has 142 valence electrons. The molecule has 0 atom stereocenters. The standard InChI is InChI=1S/C17H20N6O4/c1-2-12-9-17(19-11-18-12)21-7-5-13(6-8-21)20-15-4-3-14(22(24)25)10-16(15)23(26)27/h3-4,9-11,13,20H,2,5-8H2,1H3. The van der Waals surface area contributed by atoms with Gasteiger partial charge in [-0.3, -0.25) is 20.2 Å². The molecule has 0 spiro atoms. The van der Waals surface area contributed by atoms with Gasteiger partial charge in [-0.05, 0) is 25.3 Å². The van der Waals surface area contributed by atoms with Crippen LogP contribution < -0.4 is 10.2 Å². The highest BCUT2D eigenvalue weighted by Gasteiger charge is 2.24. The molecule has 1 N–H and O–H groups in total. The van der Waals surface area contributed by atoms with Gasteiger partial charge in [0.2, 0.25) is 0 Å². The lowest BCUT2D eigenvalue weighted by Crippen LogP contribution is -2.39. The van der Waals surface area contributed by atoms with E-state index in [9.17, 15) is 20.2 Å². The van der Waals surface area contributed by atoms with Crippen LogP contribution >= 0.6 is 0 Å². The zero-order chi connectivity index (χ0) is 19.4. The Bertz CT molecular complexity index is 851. The van der Waals surface area contributed by atoms with Crippen LogP contribution in [0.1, 0.15) is 25.5 Å². The highest BCUT2D eigenvalue weighted by atomic mass is 16.6. The molecule has 1 aromatic heterocycles. The Labute approximate surface area is 155 Å². The summed E-state index contributed by atoms with van der Waals surface area (Å²) in [6.07, 6.45) is 3.97. The van der Waals surface area contributed by atoms with Crippen molar-refractivity contribution in [3.8, 4) is 0 Å². The van der Waals surface area contributed by atoms with Gasteiger partial charge in [0.25, 0.3) is 11.4 Å². The molecule has 27 heavy (non-hydrogen) atoms. The third-order valence-corrected chi connectivity index (χ3v) is 4.64. The first-order valence-electron chi connectivity index (χ1n) is 8.73. The van der Waals surface area contributed by atoms with Crippen molar-refractivity contribution in [1.82, 2.24) is 9.97 Å². The summed E-state index contributed by atoms with van der Waals surface area (Å²) in [5, 5.41) is 25.3. The number of aromatic nitrogens is 2. The van der Waals surface area contributed by atoms with Crippen LogP contribution in [0, 0.1) is 20.2 Å². The average molecular weight is 372 g/mol. The Balaban J connectivity index is 1.67. The molecular weight excluding hydrogens is 352 g/mol. The van der Waals surface area contributed by atoms with Crippen LogP contribution in [0.25, 0.3) is 0 Å². The summed E-state index contributed by atoms with van der Waals surface area (Å²) in [5.41, 5.74) is 0.716. The van der Waals surface area contributed by atoms with E-state index in [0.29, 0.717) is 5.69 Å². The highest BCUT2D eigenvalue weighted by Crippen LogP contribution is 2.31. The van der Waals surface area contributed by atoms with Crippen molar-refractivity contribution >= 4 is 22.9 Å². The topological polar surface area (TPSA) is 127 Å². The molecule has 0 bridgehead atoms. The maximum atomic E-state index is 11.3. The minimum absolute atomic E-state index is 0.0499. The first-order valence-corrected chi connectivity index (χ1v) is 8.73. The second kappa shape index (κ2) is 7.94. The number of non-ortho nitro benzene ring substituents is 1. The number of nitrogens with one attached hydrogen (secondary N) is 1. The molecule has 1 aromatic carbocycles. The summed E-state index contributed by atoms with van der Waals surface area (Å²) >= 11 is 0. The summed E-state index contributed by atoms with van der Waals surface area (Å²) in [6.45, 7) is 3.57. The molecule has 10 heteroatoms. The van der Waals surface area contributed by atoms with Gasteiger partial charge in [0.05, 0.1) is 15.9 Å². The van der Waals surface area contributed by atoms with Crippen molar-refractivity contribution < 1.29 is 9.85 Å². The average Bonchev–Trinajstić information content (AvgIpc) is 2.68. The molecule has 1 saturated heterocycles. The smallest absolute Gasteiger partial charge is 0.299 e. The van der Waals surface area contributed by atoms with Crippen LogP contribution in [0.5, 0.6) is 0 Å². The van der Waals surface area contributed by atoms with E-state index in [2.05, 4.69) is 20.2 Å². The van der Waals surface area contributed by atoms with Crippen LogP contribution in [0.3, 0.4) is 0 Å². The molecule has 3 rings (SSSR count). The van der Waals surface area contributed by atoms with E-state index in [1.807, 2.05) is 13.0 Å². The van der Waals surface area contributed by atoms with E-state index in [-0.39, 0.29) is 17.4 Å². The third kappa shape index (κ3) is 4.27. The largest absolute Gasteiger partial charge is 0.377 e. The molecule has 0 aliphatic carbocycles. The van der Waals surface area contributed by atoms with Gasteiger partial charge in [-0.2, -0.15) is 0 Å². The molecule has 2 heterocycles. The molecule has 1 aliphatic rings. The fourth-order valence-electron chi connectivity index (χ4n) is 3.13. The molecule has 1 fully saturated rings. The summed E-state index contributed by atoms with van der Waals surface area (Å²) in [6, 6.07) is 5.70. The first kappa shape index (κ1) is 18.5. The second-order valence-electron chi connectivity index (χ2n) is 6.34. The zero-order valence-corrected chi connectivity index (χ0v) is 14.9. The Kier molecular flexibility index (Phi) is 5.43. The van der Waals surface area contributed by atoms with Crippen molar-refractivity contribution in [2.75, 3.05) is 23.3 Å². The van der Waals surface area contributed by atoms with Gasteiger partial charge in [-0.25, -0.2) is 9.97 Å². The number of nitrogens with zero attached hydrogens (tertiary/aromatic N) is 5. The Morgan fingerprint density at radius 1 is 1.15 bits per heavy atom. The van der Waals surface area contributed by atoms with Gasteiger partial charge in [0.1, 0.15) is 17.8 Å². The van der Waals surface area contributed by atoms with Crippen molar-refractivity contribution in [3.05, 3.63) is 56.5 Å². The van der Waals surface area contributed by atoms with Crippen LogP contribution in [0.2, 0.25) is 0 Å². The molecule has 0 unspecified atom stereocenters. The van der Waals surface area contributed by atoms with Gasteiger partial charge in [0, 0.05) is 37.0 Å². The molecule has 0 radical (unpaired) electrons. The van der Waals surface area contributed by atoms with Crippen molar-refractivity contribution in [2.24, 2.45) is 0 Å². The van der Waals surface area contributed by atoms with Gasteiger partial charge < -0.3 is 10.2 Å². The zero-order valence-electron chi connectivity index (χ0n) is 14.9. The van der Waals surface area contributed by atoms with E-state index in [4.69, 9.17) is 0 Å². The fourth-order valence-corrected chi connectivity index (χ4v) is 3.13. The molecule has 0 saturated carbocycles. The molecular formula is C17H20N6O4. The lowest BCUT2D eigenvalue weighted by molar-refractivity contribution is -0.393.